The number of ether oxygens (including phenoxy) is 2. The molecule has 1 aliphatic heterocycles. The molecule has 0 bridgehead atoms. The average Bonchev–Trinajstić information content (AvgIpc) is 2.77. The number of nitrogens with zero attached hydrogens (tertiary/aromatic N) is 1. The molecule has 2 aliphatic carbocycles. The smallest absolute Gasteiger partial charge is 0.323 e. The van der Waals surface area contributed by atoms with Gasteiger partial charge in [-0.1, -0.05) is 33.6 Å². The second-order valence-corrected chi connectivity index (χ2v) is 12.4. The van der Waals surface area contributed by atoms with Gasteiger partial charge >= 0.3 is 5.97 Å². The van der Waals surface area contributed by atoms with Crippen molar-refractivity contribution in [1.29, 1.82) is 0 Å². The Bertz CT molecular complexity index is 1240. The summed E-state index contributed by atoms with van der Waals surface area (Å²) in [4.78, 5) is 41.3. The average molecular weight is 570 g/mol. The van der Waals surface area contributed by atoms with Gasteiger partial charge in [-0.2, -0.15) is 0 Å². The Morgan fingerprint density at radius 2 is 1.62 bits per heavy atom. The minimum absolute atomic E-state index is 0.0492. The van der Waals surface area contributed by atoms with E-state index in [4.69, 9.17) is 15.9 Å². The lowest BCUT2D eigenvalue weighted by atomic mass is 9.63. The van der Waals surface area contributed by atoms with Crippen LogP contribution >= 0.6 is 15.9 Å². The molecular formula is C29H32BrNO6. The number of carbonyl (C=O) groups excluding carboxylic acids is 2. The number of halogens is 1. The zero-order chi connectivity index (χ0) is 27.3. The molecule has 1 N–H and O–H groups in total. The van der Waals surface area contributed by atoms with Crippen LogP contribution in [0.5, 0.6) is 11.5 Å². The summed E-state index contributed by atoms with van der Waals surface area (Å²) in [5, 5.41) is 9.82. The molecule has 37 heavy (non-hydrogen) atoms. The van der Waals surface area contributed by atoms with Crippen molar-refractivity contribution in [2.24, 2.45) is 10.8 Å². The molecule has 1 heterocycles. The number of methoxy groups -OCH3 is 1. The number of hydrogen-bond acceptors (Lipinski definition) is 6. The van der Waals surface area contributed by atoms with E-state index in [1.807, 2.05) is 33.8 Å². The summed E-state index contributed by atoms with van der Waals surface area (Å²) in [5.41, 5.74) is 2.41. The molecule has 4 rings (SSSR count). The molecule has 0 radical (unpaired) electrons. The highest BCUT2D eigenvalue weighted by Gasteiger charge is 2.49. The SMILES string of the molecule is C#CCOc1c(Br)cc(C2C3=C(CC(C)(C)CC3=O)N(CC(=O)O)C3=C2C(=O)CC(C)(C)C3)cc1OC. The summed E-state index contributed by atoms with van der Waals surface area (Å²) in [6.45, 7) is 7.80. The fourth-order valence-electron chi connectivity index (χ4n) is 5.87. The van der Waals surface area contributed by atoms with Gasteiger partial charge in [0.05, 0.1) is 11.6 Å². The van der Waals surface area contributed by atoms with Crippen LogP contribution < -0.4 is 9.47 Å². The van der Waals surface area contributed by atoms with Gasteiger partial charge in [-0.15, -0.1) is 6.42 Å². The maximum Gasteiger partial charge on any atom is 0.323 e. The zero-order valence-corrected chi connectivity index (χ0v) is 23.5. The third-order valence-corrected chi connectivity index (χ3v) is 7.79. The molecule has 0 atom stereocenters. The van der Waals surface area contributed by atoms with Crippen LogP contribution in [0.4, 0.5) is 0 Å². The van der Waals surface area contributed by atoms with Gasteiger partial charge in [0.25, 0.3) is 0 Å². The normalized spacial score (nSPS) is 20.8. The van der Waals surface area contributed by atoms with E-state index in [-0.39, 0.29) is 35.5 Å². The maximum absolute atomic E-state index is 13.8. The Morgan fingerprint density at radius 3 is 2.08 bits per heavy atom. The molecule has 0 spiro atoms. The number of allylic oxidation sites excluding steroid dienone is 4. The van der Waals surface area contributed by atoms with Crippen molar-refractivity contribution in [2.45, 2.75) is 59.3 Å². The van der Waals surface area contributed by atoms with Crippen molar-refractivity contribution in [3.63, 3.8) is 0 Å². The van der Waals surface area contributed by atoms with E-state index in [1.165, 1.54) is 7.11 Å². The monoisotopic (exact) mass is 569 g/mol. The predicted octanol–water partition coefficient (Wildman–Crippen LogP) is 5.24. The van der Waals surface area contributed by atoms with Crippen LogP contribution in [0.15, 0.2) is 39.1 Å². The van der Waals surface area contributed by atoms with Crippen molar-refractivity contribution >= 4 is 33.5 Å². The molecule has 0 unspecified atom stereocenters. The molecule has 0 aromatic heterocycles. The quantitative estimate of drug-likeness (QED) is 0.468. The summed E-state index contributed by atoms with van der Waals surface area (Å²) in [6, 6.07) is 3.62. The Morgan fingerprint density at radius 1 is 1.08 bits per heavy atom. The van der Waals surface area contributed by atoms with Crippen molar-refractivity contribution in [1.82, 2.24) is 4.90 Å². The van der Waals surface area contributed by atoms with E-state index in [0.29, 0.717) is 69.8 Å². The molecule has 0 saturated carbocycles. The maximum atomic E-state index is 13.8. The molecule has 3 aliphatic rings. The van der Waals surface area contributed by atoms with E-state index in [0.717, 1.165) is 0 Å². The highest BCUT2D eigenvalue weighted by Crippen LogP contribution is 2.55. The fourth-order valence-corrected chi connectivity index (χ4v) is 6.44. The van der Waals surface area contributed by atoms with Crippen molar-refractivity contribution in [2.75, 3.05) is 20.3 Å². The number of carbonyl (C=O) groups is 3. The second-order valence-electron chi connectivity index (χ2n) is 11.5. The Labute approximate surface area is 226 Å². The van der Waals surface area contributed by atoms with Gasteiger partial charge < -0.3 is 19.5 Å². The molecule has 0 saturated heterocycles. The van der Waals surface area contributed by atoms with Gasteiger partial charge in [-0.25, -0.2) is 0 Å². The molecule has 196 valence electrons. The lowest BCUT2D eigenvalue weighted by Crippen LogP contribution is -2.45. The van der Waals surface area contributed by atoms with E-state index in [2.05, 4.69) is 21.9 Å². The van der Waals surface area contributed by atoms with Crippen LogP contribution in [0.1, 0.15) is 64.9 Å². The number of rotatable bonds is 6. The van der Waals surface area contributed by atoms with Crippen molar-refractivity contribution < 1.29 is 29.0 Å². The van der Waals surface area contributed by atoms with E-state index < -0.39 is 11.9 Å². The molecule has 0 amide bonds. The fraction of sp³-hybridized carbons (Fsp3) is 0.483. The number of carboxylic acid groups (broad SMARTS) is 1. The topological polar surface area (TPSA) is 93.1 Å². The number of Topliss-reactive ketones (excluding diaryl/α,β-unsaturated/α-hetero) is 2. The number of ketones is 2. The van der Waals surface area contributed by atoms with Crippen LogP contribution in [0.25, 0.3) is 0 Å². The predicted molar refractivity (Wildman–Crippen MR) is 142 cm³/mol. The number of benzene rings is 1. The number of hydrogen-bond donors (Lipinski definition) is 1. The van der Waals surface area contributed by atoms with Gasteiger partial charge in [0.1, 0.15) is 13.2 Å². The van der Waals surface area contributed by atoms with Crippen molar-refractivity contribution in [3.05, 3.63) is 44.7 Å². The Hall–Kier alpha value is -3.05. The minimum Gasteiger partial charge on any atom is -0.493 e. The van der Waals surface area contributed by atoms with Crippen LogP contribution in [-0.4, -0.2) is 47.8 Å². The zero-order valence-electron chi connectivity index (χ0n) is 21.9. The number of aliphatic carboxylic acids is 1. The summed E-state index contributed by atoms with van der Waals surface area (Å²) < 4.78 is 11.9. The van der Waals surface area contributed by atoms with Crippen molar-refractivity contribution in [3.8, 4) is 23.8 Å². The van der Waals surface area contributed by atoms with Gasteiger partial charge in [0.15, 0.2) is 23.1 Å². The first-order valence-corrected chi connectivity index (χ1v) is 13.0. The lowest BCUT2D eigenvalue weighted by Gasteiger charge is -2.48. The highest BCUT2D eigenvalue weighted by atomic mass is 79.9. The third kappa shape index (κ3) is 5.06. The first-order chi connectivity index (χ1) is 17.3. The van der Waals surface area contributed by atoms with E-state index in [9.17, 15) is 19.5 Å². The van der Waals surface area contributed by atoms with Gasteiger partial charge in [-0.3, -0.25) is 14.4 Å². The Kier molecular flexibility index (Phi) is 7.06. The summed E-state index contributed by atoms with van der Waals surface area (Å²) in [5.74, 6) is 1.51. The third-order valence-electron chi connectivity index (χ3n) is 7.20. The molecule has 8 heteroatoms. The first-order valence-electron chi connectivity index (χ1n) is 12.2. The van der Waals surface area contributed by atoms with Crippen LogP contribution in [0, 0.1) is 23.2 Å². The van der Waals surface area contributed by atoms with Crippen LogP contribution in [-0.2, 0) is 14.4 Å². The first kappa shape index (κ1) is 27.0. The summed E-state index contributed by atoms with van der Waals surface area (Å²) >= 11 is 3.56. The van der Waals surface area contributed by atoms with Gasteiger partial charge in [-0.05, 0) is 57.3 Å². The lowest BCUT2D eigenvalue weighted by molar-refractivity contribution is -0.138. The van der Waals surface area contributed by atoms with E-state index >= 15 is 0 Å². The van der Waals surface area contributed by atoms with Crippen LogP contribution in [0.3, 0.4) is 0 Å². The Balaban J connectivity index is 2.01. The second kappa shape index (κ2) is 9.68. The van der Waals surface area contributed by atoms with E-state index in [1.54, 1.807) is 11.0 Å². The number of terminal acetylenes is 1. The number of carboxylic acids is 1. The summed E-state index contributed by atoms with van der Waals surface area (Å²) in [7, 11) is 1.52. The molecule has 0 fully saturated rings. The standard InChI is InChI=1S/C29H32BrNO6/c1-7-8-37-27-17(30)9-16(10-22(27)36-6)24-25-18(11-28(2,3)13-20(25)32)31(15-23(34)35)19-12-29(4,5)14-21(33)26(19)24/h1,9-10,24H,8,11-15H2,2-6H3,(H,34,35). The minimum atomic E-state index is -1.01. The largest absolute Gasteiger partial charge is 0.493 e. The molecule has 7 nitrogen and oxygen atoms in total. The van der Waals surface area contributed by atoms with Gasteiger partial charge in [0.2, 0.25) is 0 Å². The molecule has 1 aromatic rings. The summed E-state index contributed by atoms with van der Waals surface area (Å²) in [6.07, 6.45) is 7.06. The van der Waals surface area contributed by atoms with Crippen LogP contribution in [0.2, 0.25) is 0 Å². The molecular weight excluding hydrogens is 538 g/mol. The highest BCUT2D eigenvalue weighted by molar-refractivity contribution is 9.10. The van der Waals surface area contributed by atoms with Gasteiger partial charge in [0, 0.05) is 41.3 Å². The molecule has 1 aromatic carbocycles.